The maximum atomic E-state index is 3.86. The van der Waals surface area contributed by atoms with Crippen molar-refractivity contribution in [3.8, 4) is 0 Å². The van der Waals surface area contributed by atoms with Crippen LogP contribution in [0.2, 0.25) is 0 Å². The molecule has 0 saturated heterocycles. The zero-order chi connectivity index (χ0) is 15.5. The lowest BCUT2D eigenvalue weighted by molar-refractivity contribution is 0.812. The Morgan fingerprint density at radius 1 is 0.857 bits per heavy atom. The van der Waals surface area contributed by atoms with Gasteiger partial charge >= 0.3 is 0 Å². The largest absolute Gasteiger partial charge is 0.385 e. The average molecular weight is 281 g/mol. The molecule has 21 heavy (non-hydrogen) atoms. The van der Waals surface area contributed by atoms with Crippen LogP contribution in [0.1, 0.15) is 37.5 Å². The highest BCUT2D eigenvalue weighted by atomic mass is 14.9. The first-order valence-electron chi connectivity index (χ1n) is 7.75. The van der Waals surface area contributed by atoms with Gasteiger partial charge in [-0.2, -0.15) is 0 Å². The Hall–Kier alpha value is -2.02. The number of hydrogen-bond acceptors (Lipinski definition) is 1. The summed E-state index contributed by atoms with van der Waals surface area (Å²) in [6.45, 7) is 10.7. The molecule has 2 aromatic carbocycles. The highest BCUT2D eigenvalue weighted by Crippen LogP contribution is 2.10. The second kappa shape index (κ2) is 9.82. The highest BCUT2D eigenvalue weighted by Gasteiger charge is 1.98. The van der Waals surface area contributed by atoms with E-state index in [-0.39, 0.29) is 0 Å². The Balaban J connectivity index is 0.00000106. The summed E-state index contributed by atoms with van der Waals surface area (Å²) in [7, 11) is 0. The van der Waals surface area contributed by atoms with Crippen LogP contribution in [0.3, 0.4) is 0 Å². The summed E-state index contributed by atoms with van der Waals surface area (Å²) in [5.41, 5.74) is 5.11. The van der Waals surface area contributed by atoms with Crippen LogP contribution >= 0.6 is 0 Å². The molecule has 0 spiro atoms. The van der Waals surface area contributed by atoms with Crippen LogP contribution in [0, 0.1) is 0 Å². The number of allylic oxidation sites excluding steroid dienone is 1. The molecule has 0 aliphatic carbocycles. The highest BCUT2D eigenvalue weighted by molar-refractivity contribution is 5.25. The van der Waals surface area contributed by atoms with Gasteiger partial charge in [-0.1, -0.05) is 75.0 Å². The summed E-state index contributed by atoms with van der Waals surface area (Å²) >= 11 is 0. The summed E-state index contributed by atoms with van der Waals surface area (Å²) in [6.07, 6.45) is 2.18. The van der Waals surface area contributed by atoms with Crippen molar-refractivity contribution in [1.29, 1.82) is 0 Å². The minimum atomic E-state index is 0.856. The van der Waals surface area contributed by atoms with Gasteiger partial charge in [0.2, 0.25) is 0 Å². The van der Waals surface area contributed by atoms with Crippen LogP contribution in [0.5, 0.6) is 0 Å². The molecule has 0 aromatic heterocycles. The van der Waals surface area contributed by atoms with Crippen molar-refractivity contribution in [2.75, 3.05) is 0 Å². The molecular formula is C20H27N. The molecule has 0 atom stereocenters. The number of benzene rings is 2. The van der Waals surface area contributed by atoms with Crippen LogP contribution in [0.4, 0.5) is 0 Å². The smallest absolute Gasteiger partial charge is 0.0397 e. The van der Waals surface area contributed by atoms with Crippen molar-refractivity contribution in [2.45, 2.75) is 40.2 Å². The molecule has 112 valence electrons. The summed E-state index contributed by atoms with van der Waals surface area (Å²) in [5, 5.41) is 3.27. The van der Waals surface area contributed by atoms with Gasteiger partial charge in [-0.05, 0) is 36.5 Å². The van der Waals surface area contributed by atoms with E-state index in [2.05, 4.69) is 66.5 Å². The summed E-state index contributed by atoms with van der Waals surface area (Å²) < 4.78 is 0. The van der Waals surface area contributed by atoms with Crippen LogP contribution in [-0.4, -0.2) is 0 Å². The van der Waals surface area contributed by atoms with Crippen LogP contribution < -0.4 is 5.32 Å². The third kappa shape index (κ3) is 6.80. The fraction of sp³-hybridized carbons (Fsp3) is 0.300. The van der Waals surface area contributed by atoms with E-state index in [1.54, 1.807) is 0 Å². The average Bonchev–Trinajstić information content (AvgIpc) is 2.54. The van der Waals surface area contributed by atoms with E-state index >= 15 is 0 Å². The lowest BCUT2D eigenvalue weighted by atomic mass is 10.0. The summed E-state index contributed by atoms with van der Waals surface area (Å²) in [6, 6.07) is 19.4. The molecule has 1 nitrogen and oxygen atoms in total. The third-order valence-corrected chi connectivity index (χ3v) is 3.13. The maximum absolute atomic E-state index is 3.86. The summed E-state index contributed by atoms with van der Waals surface area (Å²) in [4.78, 5) is 0. The van der Waals surface area contributed by atoms with E-state index in [0.29, 0.717) is 0 Å². The Kier molecular flexibility index (Phi) is 7.96. The molecule has 0 radical (unpaired) electrons. The van der Waals surface area contributed by atoms with Crippen molar-refractivity contribution >= 4 is 0 Å². The lowest BCUT2D eigenvalue weighted by Gasteiger charge is -2.08. The Morgan fingerprint density at radius 3 is 2.10 bits per heavy atom. The Bertz CT molecular complexity index is 529. The quantitative estimate of drug-likeness (QED) is 0.774. The Labute approximate surface area is 129 Å². The zero-order valence-corrected chi connectivity index (χ0v) is 13.5. The molecule has 0 unspecified atom stereocenters. The van der Waals surface area contributed by atoms with Gasteiger partial charge in [-0.25, -0.2) is 0 Å². The Morgan fingerprint density at radius 2 is 1.43 bits per heavy atom. The normalized spacial score (nSPS) is 9.48. The van der Waals surface area contributed by atoms with Crippen molar-refractivity contribution in [1.82, 2.24) is 5.32 Å². The molecular weight excluding hydrogens is 254 g/mol. The van der Waals surface area contributed by atoms with Crippen LogP contribution in [0.25, 0.3) is 0 Å². The minimum Gasteiger partial charge on any atom is -0.385 e. The van der Waals surface area contributed by atoms with Gasteiger partial charge in [0.1, 0.15) is 0 Å². The predicted octanol–water partition coefficient (Wildman–Crippen LogP) is 5.12. The fourth-order valence-corrected chi connectivity index (χ4v) is 2.08. The van der Waals surface area contributed by atoms with E-state index in [9.17, 15) is 0 Å². The monoisotopic (exact) mass is 281 g/mol. The van der Waals surface area contributed by atoms with Gasteiger partial charge in [-0.3, -0.25) is 0 Å². The fourth-order valence-electron chi connectivity index (χ4n) is 2.08. The number of aryl methyl sites for hydroxylation is 2. The molecule has 0 amide bonds. The van der Waals surface area contributed by atoms with E-state index < -0.39 is 0 Å². The van der Waals surface area contributed by atoms with Gasteiger partial charge in [0, 0.05) is 12.2 Å². The van der Waals surface area contributed by atoms with Crippen molar-refractivity contribution in [3.05, 3.63) is 83.6 Å². The molecule has 2 rings (SSSR count). The molecule has 0 fully saturated rings. The molecule has 1 N–H and O–H groups in total. The molecule has 0 heterocycles. The topological polar surface area (TPSA) is 12.0 Å². The molecule has 2 aromatic rings. The van der Waals surface area contributed by atoms with Gasteiger partial charge in [0.05, 0.1) is 0 Å². The predicted molar refractivity (Wildman–Crippen MR) is 93.3 cm³/mol. The first kappa shape index (κ1) is 17.0. The first-order valence-corrected chi connectivity index (χ1v) is 7.75. The lowest BCUT2D eigenvalue weighted by Crippen LogP contribution is -2.09. The standard InChI is InChI=1S/C18H21N.C2H6/c1-15(2)19-14-18-10-6-9-17(13-18)12-11-16-7-4-3-5-8-16;1-2/h3-10,13,19H,1,11-12,14H2,2H3;1-2H3. The van der Waals surface area contributed by atoms with Gasteiger partial charge in [-0.15, -0.1) is 0 Å². The van der Waals surface area contributed by atoms with Crippen LogP contribution in [-0.2, 0) is 19.4 Å². The van der Waals surface area contributed by atoms with Gasteiger partial charge < -0.3 is 5.32 Å². The number of rotatable bonds is 6. The van der Waals surface area contributed by atoms with Gasteiger partial charge in [0.25, 0.3) is 0 Å². The van der Waals surface area contributed by atoms with Crippen LogP contribution in [0.15, 0.2) is 66.9 Å². The van der Waals surface area contributed by atoms with Gasteiger partial charge in [0.15, 0.2) is 0 Å². The van der Waals surface area contributed by atoms with E-state index in [0.717, 1.165) is 25.1 Å². The van der Waals surface area contributed by atoms with Crippen molar-refractivity contribution in [2.24, 2.45) is 0 Å². The first-order chi connectivity index (χ1) is 10.2. The van der Waals surface area contributed by atoms with Crippen molar-refractivity contribution < 1.29 is 0 Å². The molecule has 0 aliphatic heterocycles. The summed E-state index contributed by atoms with van der Waals surface area (Å²) in [5.74, 6) is 0. The van der Waals surface area contributed by atoms with E-state index in [4.69, 9.17) is 0 Å². The molecule has 0 saturated carbocycles. The third-order valence-electron chi connectivity index (χ3n) is 3.13. The number of hydrogen-bond donors (Lipinski definition) is 1. The van der Waals surface area contributed by atoms with Crippen molar-refractivity contribution in [3.63, 3.8) is 0 Å². The SMILES string of the molecule is C=C(C)NCc1cccc(CCc2ccccc2)c1.CC. The molecule has 0 aliphatic rings. The molecule has 1 heteroatoms. The van der Waals surface area contributed by atoms with E-state index in [1.807, 2.05) is 20.8 Å². The maximum Gasteiger partial charge on any atom is 0.0397 e. The second-order valence-corrected chi connectivity index (χ2v) is 4.94. The van der Waals surface area contributed by atoms with E-state index in [1.165, 1.54) is 16.7 Å². The molecule has 0 bridgehead atoms. The zero-order valence-electron chi connectivity index (χ0n) is 13.5. The minimum absolute atomic E-state index is 0.856. The number of nitrogens with one attached hydrogen (secondary N) is 1. The second-order valence-electron chi connectivity index (χ2n) is 4.94.